The monoisotopic (exact) mass is 244 g/mol. The molecule has 2 nitrogen and oxygen atoms in total. The second kappa shape index (κ2) is 6.27. The Kier molecular flexibility index (Phi) is 5.62. The minimum Gasteiger partial charge on any atom is -0.311 e. The maximum Gasteiger partial charge on any atom is 0.0270 e. The van der Waals surface area contributed by atoms with E-state index in [1.54, 1.807) is 0 Å². The van der Waals surface area contributed by atoms with Gasteiger partial charge in [-0.15, -0.1) is 0 Å². The zero-order valence-electron chi connectivity index (χ0n) is 11.5. The summed E-state index contributed by atoms with van der Waals surface area (Å²) in [7, 11) is 0. The van der Waals surface area contributed by atoms with E-state index in [9.17, 15) is 0 Å². The maximum atomic E-state index is 3.61. The Labute approximate surface area is 106 Å². The van der Waals surface area contributed by atoms with E-state index in [2.05, 4.69) is 56.6 Å². The molecule has 1 rings (SSSR count). The van der Waals surface area contributed by atoms with Gasteiger partial charge in [-0.25, -0.2) is 0 Å². The van der Waals surface area contributed by atoms with E-state index in [0.29, 0.717) is 17.5 Å². The van der Waals surface area contributed by atoms with Gasteiger partial charge in [0.1, 0.15) is 0 Å². The lowest BCUT2D eigenvalue weighted by Crippen LogP contribution is -2.60. The minimum atomic E-state index is 0.379. The summed E-state index contributed by atoms with van der Waals surface area (Å²) in [6, 6.07) is 1.33. The van der Waals surface area contributed by atoms with Crippen molar-refractivity contribution < 1.29 is 0 Å². The first-order valence-corrected chi connectivity index (χ1v) is 7.65. The van der Waals surface area contributed by atoms with Crippen molar-refractivity contribution >= 4 is 11.8 Å². The molecule has 1 aliphatic heterocycles. The molecular weight excluding hydrogens is 216 g/mol. The van der Waals surface area contributed by atoms with Crippen LogP contribution in [0.4, 0.5) is 0 Å². The molecule has 1 N–H and O–H groups in total. The number of rotatable bonds is 4. The Morgan fingerprint density at radius 3 is 2.62 bits per heavy atom. The van der Waals surface area contributed by atoms with Gasteiger partial charge in [-0.1, -0.05) is 27.7 Å². The third kappa shape index (κ3) is 4.27. The molecule has 1 aliphatic rings. The molecule has 0 spiro atoms. The van der Waals surface area contributed by atoms with Crippen molar-refractivity contribution in [2.24, 2.45) is 5.41 Å². The fourth-order valence-electron chi connectivity index (χ4n) is 2.41. The van der Waals surface area contributed by atoms with E-state index in [4.69, 9.17) is 0 Å². The molecule has 1 fully saturated rings. The average molecular weight is 244 g/mol. The molecular formula is C13H28N2S. The number of nitrogens with one attached hydrogen (secondary N) is 1. The van der Waals surface area contributed by atoms with Crippen molar-refractivity contribution in [3.05, 3.63) is 0 Å². The SMILES string of the molecule is CCSCCN1CC(C)NCC1C(C)(C)C. The summed E-state index contributed by atoms with van der Waals surface area (Å²) in [5, 5.41) is 3.61. The fraction of sp³-hybridized carbons (Fsp3) is 1.00. The highest BCUT2D eigenvalue weighted by Crippen LogP contribution is 2.26. The number of hydrogen-bond donors (Lipinski definition) is 1. The zero-order valence-corrected chi connectivity index (χ0v) is 12.4. The third-order valence-electron chi connectivity index (χ3n) is 3.34. The van der Waals surface area contributed by atoms with E-state index in [0.717, 1.165) is 6.54 Å². The van der Waals surface area contributed by atoms with Crippen molar-refractivity contribution in [1.82, 2.24) is 10.2 Å². The molecule has 0 aromatic carbocycles. The first-order chi connectivity index (χ1) is 7.45. The summed E-state index contributed by atoms with van der Waals surface area (Å²) in [5.41, 5.74) is 0.379. The summed E-state index contributed by atoms with van der Waals surface area (Å²) in [6.07, 6.45) is 0. The number of thioether (sulfide) groups is 1. The molecule has 0 saturated carbocycles. The van der Waals surface area contributed by atoms with Crippen LogP contribution in [0.25, 0.3) is 0 Å². The third-order valence-corrected chi connectivity index (χ3v) is 4.21. The van der Waals surface area contributed by atoms with Crippen LogP contribution in [0.3, 0.4) is 0 Å². The number of nitrogens with zero attached hydrogens (tertiary/aromatic N) is 1. The van der Waals surface area contributed by atoms with E-state index >= 15 is 0 Å². The lowest BCUT2D eigenvalue weighted by Gasteiger charge is -2.45. The van der Waals surface area contributed by atoms with Crippen LogP contribution in [0.1, 0.15) is 34.6 Å². The Morgan fingerprint density at radius 2 is 2.06 bits per heavy atom. The first kappa shape index (κ1) is 14.3. The minimum absolute atomic E-state index is 0.379. The Bertz CT molecular complexity index is 201. The summed E-state index contributed by atoms with van der Waals surface area (Å²) in [6.45, 7) is 15.2. The van der Waals surface area contributed by atoms with Gasteiger partial charge in [0.2, 0.25) is 0 Å². The van der Waals surface area contributed by atoms with Crippen molar-refractivity contribution in [2.45, 2.75) is 46.7 Å². The van der Waals surface area contributed by atoms with Gasteiger partial charge in [0.05, 0.1) is 0 Å². The van der Waals surface area contributed by atoms with Crippen molar-refractivity contribution in [3.63, 3.8) is 0 Å². The normalized spacial score (nSPS) is 28.3. The largest absolute Gasteiger partial charge is 0.311 e. The highest BCUT2D eigenvalue weighted by Gasteiger charge is 2.33. The smallest absolute Gasteiger partial charge is 0.0270 e. The van der Waals surface area contributed by atoms with Crippen LogP contribution in [-0.2, 0) is 0 Å². The second-order valence-corrected chi connectivity index (χ2v) is 7.28. The predicted molar refractivity (Wildman–Crippen MR) is 75.3 cm³/mol. The van der Waals surface area contributed by atoms with Gasteiger partial charge in [0.15, 0.2) is 0 Å². The van der Waals surface area contributed by atoms with Crippen LogP contribution < -0.4 is 5.32 Å². The topological polar surface area (TPSA) is 15.3 Å². The van der Waals surface area contributed by atoms with Crippen LogP contribution in [-0.4, -0.2) is 48.1 Å². The predicted octanol–water partition coefficient (Wildman–Crippen LogP) is 2.45. The van der Waals surface area contributed by atoms with Crippen LogP contribution in [0.2, 0.25) is 0 Å². The maximum absolute atomic E-state index is 3.61. The van der Waals surface area contributed by atoms with Crippen molar-refractivity contribution in [1.29, 1.82) is 0 Å². The molecule has 0 aromatic heterocycles. The van der Waals surface area contributed by atoms with Gasteiger partial charge in [-0.05, 0) is 18.1 Å². The lowest BCUT2D eigenvalue weighted by molar-refractivity contribution is 0.0649. The van der Waals surface area contributed by atoms with E-state index in [-0.39, 0.29) is 0 Å². The molecule has 0 radical (unpaired) electrons. The van der Waals surface area contributed by atoms with E-state index in [1.165, 1.54) is 24.6 Å². The highest BCUT2D eigenvalue weighted by molar-refractivity contribution is 7.99. The molecule has 3 heteroatoms. The van der Waals surface area contributed by atoms with Crippen LogP contribution >= 0.6 is 11.8 Å². The summed E-state index contributed by atoms with van der Waals surface area (Å²) >= 11 is 2.05. The van der Waals surface area contributed by atoms with E-state index in [1.807, 2.05) is 0 Å². The van der Waals surface area contributed by atoms with Gasteiger partial charge >= 0.3 is 0 Å². The second-order valence-electron chi connectivity index (χ2n) is 5.88. The van der Waals surface area contributed by atoms with Gasteiger partial charge in [-0.2, -0.15) is 11.8 Å². The molecule has 2 atom stereocenters. The Morgan fingerprint density at radius 1 is 1.38 bits per heavy atom. The van der Waals surface area contributed by atoms with Crippen LogP contribution in [0.5, 0.6) is 0 Å². The van der Waals surface area contributed by atoms with Crippen molar-refractivity contribution in [3.8, 4) is 0 Å². The number of hydrogen-bond acceptors (Lipinski definition) is 3. The molecule has 1 saturated heterocycles. The average Bonchev–Trinajstić information content (AvgIpc) is 2.16. The standard InChI is InChI=1S/C13H28N2S/c1-6-16-8-7-15-10-11(2)14-9-12(15)13(3,4)5/h11-12,14H,6-10H2,1-5H3. The lowest BCUT2D eigenvalue weighted by atomic mass is 9.84. The van der Waals surface area contributed by atoms with Gasteiger partial charge in [-0.3, -0.25) is 4.90 Å². The van der Waals surface area contributed by atoms with Gasteiger partial charge in [0, 0.05) is 37.5 Å². The van der Waals surface area contributed by atoms with Gasteiger partial charge in [0.25, 0.3) is 0 Å². The molecule has 0 bridgehead atoms. The number of piperazine rings is 1. The summed E-state index contributed by atoms with van der Waals surface area (Å²) in [5.74, 6) is 2.51. The summed E-state index contributed by atoms with van der Waals surface area (Å²) in [4.78, 5) is 2.68. The first-order valence-electron chi connectivity index (χ1n) is 6.50. The molecule has 16 heavy (non-hydrogen) atoms. The zero-order chi connectivity index (χ0) is 12.2. The molecule has 0 aliphatic carbocycles. The Hall–Kier alpha value is 0.270. The highest BCUT2D eigenvalue weighted by atomic mass is 32.2. The van der Waals surface area contributed by atoms with Crippen molar-refractivity contribution in [2.75, 3.05) is 31.1 Å². The van der Waals surface area contributed by atoms with Crippen LogP contribution in [0.15, 0.2) is 0 Å². The molecule has 0 aromatic rings. The Balaban J connectivity index is 2.51. The van der Waals surface area contributed by atoms with E-state index < -0.39 is 0 Å². The molecule has 1 heterocycles. The van der Waals surface area contributed by atoms with Gasteiger partial charge < -0.3 is 5.32 Å². The fourth-order valence-corrected chi connectivity index (χ4v) is 3.06. The molecule has 96 valence electrons. The molecule has 0 amide bonds. The molecule has 2 unspecified atom stereocenters. The van der Waals surface area contributed by atoms with Crippen LogP contribution in [0, 0.1) is 5.41 Å². The quantitative estimate of drug-likeness (QED) is 0.765. The summed E-state index contributed by atoms with van der Waals surface area (Å²) < 4.78 is 0.